The monoisotopic (exact) mass is 262 g/mol. The second kappa shape index (κ2) is 7.65. The van der Waals surface area contributed by atoms with Crippen LogP contribution in [-0.2, 0) is 11.2 Å². The van der Waals surface area contributed by atoms with E-state index in [-0.39, 0.29) is 18.3 Å². The van der Waals surface area contributed by atoms with E-state index in [1.165, 1.54) is 4.88 Å². The quantitative estimate of drug-likeness (QED) is 0.850. The first-order chi connectivity index (χ1) is 7.09. The average Bonchev–Trinajstić information content (AvgIpc) is 2.66. The van der Waals surface area contributed by atoms with Crippen LogP contribution in [0.5, 0.6) is 0 Å². The Labute approximate surface area is 107 Å². The first kappa shape index (κ1) is 15.4. The van der Waals surface area contributed by atoms with Gasteiger partial charge in [0.1, 0.15) is 0 Å². The van der Waals surface area contributed by atoms with E-state index in [0.29, 0.717) is 12.5 Å². The van der Waals surface area contributed by atoms with Gasteiger partial charge in [0.05, 0.1) is 6.04 Å². The van der Waals surface area contributed by atoms with Crippen molar-refractivity contribution in [2.75, 3.05) is 6.54 Å². The molecule has 0 aliphatic rings. The number of carbonyl (C=O) groups is 1. The predicted molar refractivity (Wildman–Crippen MR) is 71.1 cm³/mol. The van der Waals surface area contributed by atoms with Crippen molar-refractivity contribution in [1.29, 1.82) is 0 Å². The number of nitrogens with two attached hydrogens (primary N) is 1. The molecule has 92 valence electrons. The van der Waals surface area contributed by atoms with Crippen LogP contribution in [0.25, 0.3) is 0 Å². The van der Waals surface area contributed by atoms with Gasteiger partial charge >= 0.3 is 0 Å². The summed E-state index contributed by atoms with van der Waals surface area (Å²) in [6.45, 7) is 4.51. The minimum absolute atomic E-state index is 0. The minimum atomic E-state index is -0.418. The van der Waals surface area contributed by atoms with Crippen molar-refractivity contribution in [3.05, 3.63) is 22.4 Å². The SMILES string of the molecule is CC(CNC(=O)[C@H](C)N)Cc1cccs1.Cl. The number of hydrogen-bond donors (Lipinski definition) is 2. The molecule has 0 spiro atoms. The second-order valence-corrected chi connectivity index (χ2v) is 4.95. The predicted octanol–water partition coefficient (Wildman–Crippen LogP) is 1.81. The largest absolute Gasteiger partial charge is 0.354 e. The summed E-state index contributed by atoms with van der Waals surface area (Å²) >= 11 is 1.75. The van der Waals surface area contributed by atoms with Gasteiger partial charge in [0.25, 0.3) is 0 Å². The highest BCUT2D eigenvalue weighted by molar-refractivity contribution is 7.09. The Morgan fingerprint density at radius 1 is 1.56 bits per heavy atom. The summed E-state index contributed by atoms with van der Waals surface area (Å²) in [5, 5.41) is 4.91. The molecule has 0 saturated carbocycles. The fraction of sp³-hybridized carbons (Fsp3) is 0.545. The zero-order valence-electron chi connectivity index (χ0n) is 9.60. The summed E-state index contributed by atoms with van der Waals surface area (Å²) in [5.74, 6) is 0.374. The highest BCUT2D eigenvalue weighted by Gasteiger charge is 2.09. The molecule has 0 fully saturated rings. The van der Waals surface area contributed by atoms with Crippen LogP contribution in [0.4, 0.5) is 0 Å². The number of halogens is 1. The average molecular weight is 263 g/mol. The third-order valence-corrected chi connectivity index (χ3v) is 3.07. The van der Waals surface area contributed by atoms with E-state index in [1.54, 1.807) is 18.3 Å². The van der Waals surface area contributed by atoms with Gasteiger partial charge in [0.15, 0.2) is 0 Å². The Kier molecular flexibility index (Phi) is 7.38. The topological polar surface area (TPSA) is 55.1 Å². The lowest BCUT2D eigenvalue weighted by Gasteiger charge is -2.12. The fourth-order valence-electron chi connectivity index (χ4n) is 1.28. The summed E-state index contributed by atoms with van der Waals surface area (Å²) in [5.41, 5.74) is 5.45. The summed E-state index contributed by atoms with van der Waals surface area (Å²) in [7, 11) is 0. The third kappa shape index (κ3) is 5.49. The van der Waals surface area contributed by atoms with E-state index in [1.807, 2.05) is 6.07 Å². The Morgan fingerprint density at radius 2 is 2.25 bits per heavy atom. The Balaban J connectivity index is 0.00000225. The number of amides is 1. The Hall–Kier alpha value is -0.580. The molecule has 3 nitrogen and oxygen atoms in total. The summed E-state index contributed by atoms with van der Waals surface area (Å²) in [6, 6.07) is 3.75. The number of carbonyl (C=O) groups excluding carboxylic acids is 1. The third-order valence-electron chi connectivity index (χ3n) is 2.17. The van der Waals surface area contributed by atoms with Crippen molar-refractivity contribution in [3.63, 3.8) is 0 Å². The molecule has 1 rings (SSSR count). The van der Waals surface area contributed by atoms with E-state index in [9.17, 15) is 4.79 Å². The van der Waals surface area contributed by atoms with Gasteiger partial charge < -0.3 is 11.1 Å². The van der Waals surface area contributed by atoms with E-state index >= 15 is 0 Å². The van der Waals surface area contributed by atoms with Crippen LogP contribution in [0.2, 0.25) is 0 Å². The summed E-state index contributed by atoms with van der Waals surface area (Å²) in [4.78, 5) is 12.6. The van der Waals surface area contributed by atoms with E-state index in [0.717, 1.165) is 6.42 Å². The van der Waals surface area contributed by atoms with Crippen LogP contribution >= 0.6 is 23.7 Å². The molecular formula is C11H19ClN2OS. The molecule has 0 bridgehead atoms. The zero-order chi connectivity index (χ0) is 11.3. The number of nitrogens with one attached hydrogen (secondary N) is 1. The van der Waals surface area contributed by atoms with Crippen molar-refractivity contribution in [2.45, 2.75) is 26.3 Å². The van der Waals surface area contributed by atoms with Crippen LogP contribution < -0.4 is 11.1 Å². The molecule has 0 aliphatic heterocycles. The molecule has 0 aromatic carbocycles. The van der Waals surface area contributed by atoms with Crippen LogP contribution in [0.15, 0.2) is 17.5 Å². The van der Waals surface area contributed by atoms with Crippen molar-refractivity contribution >= 4 is 29.7 Å². The van der Waals surface area contributed by atoms with Crippen molar-refractivity contribution < 1.29 is 4.79 Å². The van der Waals surface area contributed by atoms with Gasteiger partial charge in [0, 0.05) is 11.4 Å². The Morgan fingerprint density at radius 3 is 2.75 bits per heavy atom. The molecule has 16 heavy (non-hydrogen) atoms. The van der Waals surface area contributed by atoms with E-state index in [2.05, 4.69) is 23.7 Å². The minimum Gasteiger partial charge on any atom is -0.354 e. The molecule has 0 aliphatic carbocycles. The maximum atomic E-state index is 11.2. The van der Waals surface area contributed by atoms with Gasteiger partial charge in [-0.05, 0) is 30.7 Å². The van der Waals surface area contributed by atoms with Gasteiger partial charge in [-0.25, -0.2) is 0 Å². The van der Waals surface area contributed by atoms with Crippen LogP contribution in [0.3, 0.4) is 0 Å². The molecule has 0 radical (unpaired) electrons. The van der Waals surface area contributed by atoms with Crippen molar-refractivity contribution in [1.82, 2.24) is 5.32 Å². The fourth-order valence-corrected chi connectivity index (χ4v) is 2.15. The molecule has 5 heteroatoms. The molecule has 1 aromatic heterocycles. The first-order valence-electron chi connectivity index (χ1n) is 5.15. The number of thiophene rings is 1. The zero-order valence-corrected chi connectivity index (χ0v) is 11.2. The summed E-state index contributed by atoms with van der Waals surface area (Å²) < 4.78 is 0. The van der Waals surface area contributed by atoms with Crippen LogP contribution in [0, 0.1) is 5.92 Å². The Bertz CT molecular complexity index is 301. The maximum absolute atomic E-state index is 11.2. The van der Waals surface area contributed by atoms with Gasteiger partial charge in [-0.3, -0.25) is 4.79 Å². The van der Waals surface area contributed by atoms with Gasteiger partial charge in [-0.2, -0.15) is 0 Å². The highest BCUT2D eigenvalue weighted by atomic mass is 35.5. The molecular weight excluding hydrogens is 244 g/mol. The van der Waals surface area contributed by atoms with Gasteiger partial charge in [0.2, 0.25) is 5.91 Å². The lowest BCUT2D eigenvalue weighted by Crippen LogP contribution is -2.40. The van der Waals surface area contributed by atoms with E-state index < -0.39 is 6.04 Å². The summed E-state index contributed by atoms with van der Waals surface area (Å²) in [6.07, 6.45) is 1.01. The molecule has 2 atom stereocenters. The van der Waals surface area contributed by atoms with Crippen LogP contribution in [0.1, 0.15) is 18.7 Å². The molecule has 1 heterocycles. The van der Waals surface area contributed by atoms with Crippen LogP contribution in [-0.4, -0.2) is 18.5 Å². The number of rotatable bonds is 5. The number of hydrogen-bond acceptors (Lipinski definition) is 3. The first-order valence-corrected chi connectivity index (χ1v) is 6.03. The highest BCUT2D eigenvalue weighted by Crippen LogP contribution is 2.13. The smallest absolute Gasteiger partial charge is 0.236 e. The maximum Gasteiger partial charge on any atom is 0.236 e. The molecule has 0 saturated heterocycles. The molecule has 3 N–H and O–H groups in total. The standard InChI is InChI=1S/C11H18N2OS.ClH/c1-8(6-10-4-3-5-15-10)7-13-11(14)9(2)12;/h3-5,8-9H,6-7,12H2,1-2H3,(H,13,14);1H/t8?,9-;/m0./s1. The van der Waals surface area contributed by atoms with E-state index in [4.69, 9.17) is 5.73 Å². The second-order valence-electron chi connectivity index (χ2n) is 3.92. The normalized spacial score (nSPS) is 13.7. The lowest BCUT2D eigenvalue weighted by molar-refractivity contribution is -0.122. The molecule has 1 unspecified atom stereocenters. The lowest BCUT2D eigenvalue weighted by atomic mass is 10.1. The van der Waals surface area contributed by atoms with Crippen molar-refractivity contribution in [3.8, 4) is 0 Å². The van der Waals surface area contributed by atoms with Gasteiger partial charge in [-0.1, -0.05) is 13.0 Å². The molecule has 1 amide bonds. The van der Waals surface area contributed by atoms with Gasteiger partial charge in [-0.15, -0.1) is 23.7 Å². The molecule has 1 aromatic rings. The van der Waals surface area contributed by atoms with Crippen molar-refractivity contribution in [2.24, 2.45) is 11.7 Å².